The Morgan fingerprint density at radius 1 is 0.722 bits per heavy atom. The molecule has 0 amide bonds. The van der Waals surface area contributed by atoms with Crippen LogP contribution in [0.3, 0.4) is 0 Å². The zero-order valence-corrected chi connectivity index (χ0v) is 20.3. The van der Waals surface area contributed by atoms with E-state index >= 15 is 0 Å². The molecule has 0 aliphatic heterocycles. The number of carbonyl (C=O) groups excluding carboxylic acids is 2. The quantitative estimate of drug-likeness (QED) is 0.0757. The molecule has 0 radical (unpaired) electrons. The van der Waals surface area contributed by atoms with Gasteiger partial charge in [0.2, 0.25) is 0 Å². The van der Waals surface area contributed by atoms with Crippen molar-refractivity contribution in [2.45, 2.75) is 32.6 Å². The number of aryl methyl sites for hydroxylation is 1. The zero-order chi connectivity index (χ0) is 25.2. The molecule has 5 nitrogen and oxygen atoms in total. The number of hydrogen-bond acceptors (Lipinski definition) is 5. The summed E-state index contributed by atoms with van der Waals surface area (Å²) in [6, 6.07) is 29.7. The van der Waals surface area contributed by atoms with Crippen LogP contribution in [0.25, 0.3) is 11.1 Å². The molecule has 4 aromatic rings. The molecule has 0 bridgehead atoms. The molecule has 0 aliphatic rings. The first-order chi connectivity index (χ1) is 17.6. The van der Waals surface area contributed by atoms with E-state index in [4.69, 9.17) is 4.74 Å². The highest BCUT2D eigenvalue weighted by Crippen LogP contribution is 2.24. The summed E-state index contributed by atoms with van der Waals surface area (Å²) in [6.07, 6.45) is 5.59. The lowest BCUT2D eigenvalue weighted by atomic mass is 10.0. The molecule has 0 atom stereocenters. The molecule has 0 aromatic heterocycles. The Morgan fingerprint density at radius 2 is 1.28 bits per heavy atom. The molecule has 36 heavy (non-hydrogen) atoms. The summed E-state index contributed by atoms with van der Waals surface area (Å²) >= 11 is 0. The van der Waals surface area contributed by atoms with Crippen LogP contribution in [0, 0.1) is 0 Å². The van der Waals surface area contributed by atoms with Crippen molar-refractivity contribution in [1.82, 2.24) is 0 Å². The summed E-state index contributed by atoms with van der Waals surface area (Å²) in [5.74, 6) is 0.00879. The molecule has 0 saturated carbocycles. The third-order valence-electron chi connectivity index (χ3n) is 5.83. The molecule has 0 heterocycles. The minimum atomic E-state index is -0.419. The number of unbranched alkanes of at least 4 members (excludes halogenated alkanes) is 2. The van der Waals surface area contributed by atoms with E-state index in [1.165, 1.54) is 24.8 Å². The minimum absolute atomic E-state index is 0.419. The van der Waals surface area contributed by atoms with Gasteiger partial charge >= 0.3 is 5.97 Å². The van der Waals surface area contributed by atoms with Crippen LogP contribution >= 0.6 is 0 Å². The molecular weight excluding hydrogens is 448 g/mol. The van der Waals surface area contributed by atoms with Gasteiger partial charge in [0.15, 0.2) is 0 Å². The molecule has 0 unspecified atom stereocenters. The number of esters is 1. The first-order valence-electron chi connectivity index (χ1n) is 12.1. The SMILES string of the molecule is CCCCCc1ccc(-c2ccc(C(=O)Oc3ccc(N=Nc4ccc(C=O)cc4)cc3)cc2)cc1. The van der Waals surface area contributed by atoms with E-state index in [1.54, 1.807) is 60.7 Å². The van der Waals surface area contributed by atoms with Crippen molar-refractivity contribution in [1.29, 1.82) is 0 Å². The van der Waals surface area contributed by atoms with E-state index < -0.39 is 5.97 Å². The van der Waals surface area contributed by atoms with Crippen molar-refractivity contribution in [2.75, 3.05) is 0 Å². The van der Waals surface area contributed by atoms with Gasteiger partial charge in [0.1, 0.15) is 12.0 Å². The summed E-state index contributed by atoms with van der Waals surface area (Å²) in [7, 11) is 0. The second-order valence-electron chi connectivity index (χ2n) is 8.52. The highest BCUT2D eigenvalue weighted by atomic mass is 16.5. The smallest absolute Gasteiger partial charge is 0.343 e. The fraction of sp³-hybridized carbons (Fsp3) is 0.161. The molecule has 4 aromatic carbocycles. The number of aldehydes is 1. The maximum atomic E-state index is 12.6. The first kappa shape index (κ1) is 24.7. The Morgan fingerprint density at radius 3 is 1.83 bits per heavy atom. The van der Waals surface area contributed by atoms with Crippen molar-refractivity contribution in [3.8, 4) is 16.9 Å². The van der Waals surface area contributed by atoms with Gasteiger partial charge in [-0.25, -0.2) is 4.79 Å². The highest BCUT2D eigenvalue weighted by molar-refractivity contribution is 5.91. The summed E-state index contributed by atoms with van der Waals surface area (Å²) < 4.78 is 5.51. The fourth-order valence-corrected chi connectivity index (χ4v) is 3.72. The van der Waals surface area contributed by atoms with E-state index in [-0.39, 0.29) is 0 Å². The number of carbonyl (C=O) groups is 2. The average molecular weight is 477 g/mol. The van der Waals surface area contributed by atoms with Gasteiger partial charge in [-0.15, -0.1) is 0 Å². The Bertz CT molecular complexity index is 1310. The monoisotopic (exact) mass is 476 g/mol. The van der Waals surface area contributed by atoms with Crippen LogP contribution < -0.4 is 4.74 Å². The average Bonchev–Trinajstić information content (AvgIpc) is 2.93. The van der Waals surface area contributed by atoms with Gasteiger partial charge in [-0.1, -0.05) is 56.2 Å². The number of ether oxygens (including phenoxy) is 1. The van der Waals surface area contributed by atoms with Crippen molar-refractivity contribution in [3.63, 3.8) is 0 Å². The van der Waals surface area contributed by atoms with Gasteiger partial charge in [0.05, 0.1) is 16.9 Å². The van der Waals surface area contributed by atoms with Gasteiger partial charge in [0, 0.05) is 5.56 Å². The third-order valence-corrected chi connectivity index (χ3v) is 5.83. The lowest BCUT2D eigenvalue weighted by molar-refractivity contribution is 0.0734. The lowest BCUT2D eigenvalue weighted by Gasteiger charge is -2.07. The first-order valence-corrected chi connectivity index (χ1v) is 12.1. The van der Waals surface area contributed by atoms with Crippen molar-refractivity contribution < 1.29 is 14.3 Å². The predicted molar refractivity (Wildman–Crippen MR) is 143 cm³/mol. The third kappa shape index (κ3) is 6.83. The summed E-state index contributed by atoms with van der Waals surface area (Å²) in [5.41, 5.74) is 5.87. The molecule has 0 spiro atoms. The van der Waals surface area contributed by atoms with E-state index in [0.717, 1.165) is 23.8 Å². The van der Waals surface area contributed by atoms with Gasteiger partial charge in [-0.2, -0.15) is 10.2 Å². The highest BCUT2D eigenvalue weighted by Gasteiger charge is 2.09. The van der Waals surface area contributed by atoms with Crippen molar-refractivity contribution in [2.24, 2.45) is 10.2 Å². The van der Waals surface area contributed by atoms with Crippen LogP contribution in [0.5, 0.6) is 5.75 Å². The van der Waals surface area contributed by atoms with Crippen molar-refractivity contribution in [3.05, 3.63) is 114 Å². The number of hydrogen-bond donors (Lipinski definition) is 0. The largest absolute Gasteiger partial charge is 0.423 e. The standard InChI is InChI=1S/C31H28N2O3/c1-2-3-4-5-23-6-10-25(11-7-23)26-12-14-27(15-13-26)31(35)36-30-20-18-29(19-21-30)33-32-28-16-8-24(22-34)9-17-28/h6-22H,2-5H2,1H3. The minimum Gasteiger partial charge on any atom is -0.423 e. The topological polar surface area (TPSA) is 68.1 Å². The molecule has 4 rings (SSSR count). The lowest BCUT2D eigenvalue weighted by Crippen LogP contribution is -2.08. The normalized spacial score (nSPS) is 10.9. The van der Waals surface area contributed by atoms with E-state index in [2.05, 4.69) is 41.4 Å². The molecule has 0 saturated heterocycles. The van der Waals surface area contributed by atoms with Crippen LogP contribution in [0.2, 0.25) is 0 Å². The molecule has 0 fully saturated rings. The second-order valence-corrected chi connectivity index (χ2v) is 8.52. The van der Waals surface area contributed by atoms with E-state index in [1.807, 2.05) is 12.1 Å². The number of nitrogens with zero attached hydrogens (tertiary/aromatic N) is 2. The fourth-order valence-electron chi connectivity index (χ4n) is 3.72. The van der Waals surface area contributed by atoms with E-state index in [0.29, 0.717) is 28.3 Å². The van der Waals surface area contributed by atoms with Gasteiger partial charge in [0.25, 0.3) is 0 Å². The number of azo groups is 1. The van der Waals surface area contributed by atoms with Crippen LogP contribution in [0.4, 0.5) is 11.4 Å². The summed E-state index contributed by atoms with van der Waals surface area (Å²) in [6.45, 7) is 2.22. The van der Waals surface area contributed by atoms with Crippen LogP contribution in [-0.4, -0.2) is 12.3 Å². The Balaban J connectivity index is 1.33. The van der Waals surface area contributed by atoms with Crippen LogP contribution in [-0.2, 0) is 6.42 Å². The molecule has 180 valence electrons. The van der Waals surface area contributed by atoms with Crippen LogP contribution in [0.15, 0.2) is 107 Å². The zero-order valence-electron chi connectivity index (χ0n) is 20.3. The van der Waals surface area contributed by atoms with Gasteiger partial charge in [-0.3, -0.25) is 4.79 Å². The summed E-state index contributed by atoms with van der Waals surface area (Å²) in [4.78, 5) is 23.3. The van der Waals surface area contributed by atoms with E-state index in [9.17, 15) is 9.59 Å². The molecule has 0 N–H and O–H groups in total. The van der Waals surface area contributed by atoms with Gasteiger partial charge < -0.3 is 4.74 Å². The molecular formula is C31H28N2O3. The van der Waals surface area contributed by atoms with Gasteiger partial charge in [-0.05, 0) is 90.2 Å². The Labute approximate surface area is 211 Å². The number of benzene rings is 4. The Hall–Kier alpha value is -4.38. The second kappa shape index (κ2) is 12.4. The van der Waals surface area contributed by atoms with Crippen molar-refractivity contribution >= 4 is 23.6 Å². The maximum absolute atomic E-state index is 12.6. The summed E-state index contributed by atoms with van der Waals surface area (Å²) in [5, 5.41) is 8.31. The molecule has 5 heteroatoms. The molecule has 0 aliphatic carbocycles. The Kier molecular flexibility index (Phi) is 8.49. The predicted octanol–water partition coefficient (Wildman–Crippen LogP) is 8.53. The number of rotatable bonds is 10. The van der Waals surface area contributed by atoms with Crippen LogP contribution in [0.1, 0.15) is 52.5 Å². The maximum Gasteiger partial charge on any atom is 0.343 e.